The van der Waals surface area contributed by atoms with Gasteiger partial charge in [-0.05, 0) is 31.7 Å². The Hall–Kier alpha value is -1.38. The normalized spacial score (nSPS) is 19.0. The first kappa shape index (κ1) is 13.1. The van der Waals surface area contributed by atoms with Crippen LogP contribution in [0.15, 0.2) is 24.3 Å². The average Bonchev–Trinajstić information content (AvgIpc) is 2.55. The van der Waals surface area contributed by atoms with E-state index in [9.17, 15) is 9.18 Å². The molecule has 0 radical (unpaired) electrons. The SMILES string of the molecule is CC(=O)OC1(c2ccccc2F)CCCCCC1. The van der Waals surface area contributed by atoms with Gasteiger partial charge in [-0.15, -0.1) is 0 Å². The van der Waals surface area contributed by atoms with Gasteiger partial charge in [-0.25, -0.2) is 4.39 Å². The van der Waals surface area contributed by atoms with Crippen molar-refractivity contribution < 1.29 is 13.9 Å². The summed E-state index contributed by atoms with van der Waals surface area (Å²) >= 11 is 0. The van der Waals surface area contributed by atoms with Crippen molar-refractivity contribution >= 4 is 5.97 Å². The van der Waals surface area contributed by atoms with Crippen LogP contribution in [-0.4, -0.2) is 5.97 Å². The smallest absolute Gasteiger partial charge is 0.303 e. The maximum Gasteiger partial charge on any atom is 0.303 e. The summed E-state index contributed by atoms with van der Waals surface area (Å²) in [5, 5.41) is 0. The van der Waals surface area contributed by atoms with E-state index in [0.717, 1.165) is 25.7 Å². The number of esters is 1. The molecule has 0 unspecified atom stereocenters. The van der Waals surface area contributed by atoms with E-state index >= 15 is 0 Å². The lowest BCUT2D eigenvalue weighted by Crippen LogP contribution is -2.32. The Morgan fingerprint density at radius 3 is 2.33 bits per heavy atom. The predicted octanol–water partition coefficient (Wildman–Crippen LogP) is 3.94. The first-order valence-electron chi connectivity index (χ1n) is 6.59. The molecule has 0 aromatic heterocycles. The minimum absolute atomic E-state index is 0.277. The molecule has 2 rings (SSSR count). The molecular weight excluding hydrogens is 231 g/mol. The number of hydrogen-bond acceptors (Lipinski definition) is 2. The topological polar surface area (TPSA) is 26.3 Å². The van der Waals surface area contributed by atoms with Crippen molar-refractivity contribution in [3.63, 3.8) is 0 Å². The molecule has 0 heterocycles. The Bertz CT molecular complexity index is 420. The van der Waals surface area contributed by atoms with Crippen LogP contribution in [0.2, 0.25) is 0 Å². The van der Waals surface area contributed by atoms with Crippen molar-refractivity contribution in [2.24, 2.45) is 0 Å². The van der Waals surface area contributed by atoms with Crippen molar-refractivity contribution in [1.29, 1.82) is 0 Å². The number of ether oxygens (including phenoxy) is 1. The third-order valence-corrected chi connectivity index (χ3v) is 3.62. The monoisotopic (exact) mass is 250 g/mol. The highest BCUT2D eigenvalue weighted by molar-refractivity contribution is 5.66. The molecule has 98 valence electrons. The van der Waals surface area contributed by atoms with E-state index in [0.29, 0.717) is 18.4 Å². The van der Waals surface area contributed by atoms with E-state index in [2.05, 4.69) is 0 Å². The van der Waals surface area contributed by atoms with Crippen LogP contribution in [0.25, 0.3) is 0 Å². The van der Waals surface area contributed by atoms with Gasteiger partial charge in [0.05, 0.1) is 0 Å². The van der Waals surface area contributed by atoms with Gasteiger partial charge in [-0.1, -0.05) is 31.0 Å². The first-order chi connectivity index (χ1) is 8.64. The van der Waals surface area contributed by atoms with E-state index in [1.165, 1.54) is 13.0 Å². The average molecular weight is 250 g/mol. The second-order valence-electron chi connectivity index (χ2n) is 4.98. The molecule has 0 amide bonds. The van der Waals surface area contributed by atoms with E-state index in [1.54, 1.807) is 18.2 Å². The fourth-order valence-electron chi connectivity index (χ4n) is 2.83. The van der Waals surface area contributed by atoms with Crippen LogP contribution in [-0.2, 0) is 15.1 Å². The standard InChI is InChI=1S/C15H19FO2/c1-12(17)18-15(10-6-2-3-7-11-15)13-8-4-5-9-14(13)16/h4-5,8-9H,2-3,6-7,10-11H2,1H3. The number of halogens is 1. The molecule has 0 N–H and O–H groups in total. The summed E-state index contributed by atoms with van der Waals surface area (Å²) in [6.45, 7) is 1.40. The van der Waals surface area contributed by atoms with Crippen molar-refractivity contribution in [2.45, 2.75) is 51.0 Å². The van der Waals surface area contributed by atoms with Crippen molar-refractivity contribution in [3.05, 3.63) is 35.6 Å². The summed E-state index contributed by atoms with van der Waals surface area (Å²) in [5.41, 5.74) is -0.227. The molecule has 1 aliphatic rings. The number of benzene rings is 1. The minimum atomic E-state index is -0.756. The molecule has 0 atom stereocenters. The molecular formula is C15H19FO2. The lowest BCUT2D eigenvalue weighted by atomic mass is 9.86. The van der Waals surface area contributed by atoms with Crippen LogP contribution < -0.4 is 0 Å². The fourth-order valence-corrected chi connectivity index (χ4v) is 2.83. The minimum Gasteiger partial charge on any atom is -0.454 e. The zero-order chi connectivity index (χ0) is 13.0. The van der Waals surface area contributed by atoms with Crippen LogP contribution in [0.4, 0.5) is 4.39 Å². The molecule has 0 saturated heterocycles. The summed E-state index contributed by atoms with van der Waals surface area (Å²) in [4.78, 5) is 11.4. The Labute approximate surface area is 107 Å². The Balaban J connectivity index is 2.40. The lowest BCUT2D eigenvalue weighted by molar-refractivity contribution is -0.160. The molecule has 3 heteroatoms. The Morgan fingerprint density at radius 1 is 1.17 bits per heavy atom. The lowest BCUT2D eigenvalue weighted by Gasteiger charge is -2.33. The maximum absolute atomic E-state index is 14.0. The highest BCUT2D eigenvalue weighted by Gasteiger charge is 2.38. The molecule has 0 aliphatic heterocycles. The van der Waals surface area contributed by atoms with Gasteiger partial charge in [0.15, 0.2) is 0 Å². The van der Waals surface area contributed by atoms with Crippen molar-refractivity contribution in [1.82, 2.24) is 0 Å². The number of carbonyl (C=O) groups is 1. The fraction of sp³-hybridized carbons (Fsp3) is 0.533. The van der Waals surface area contributed by atoms with E-state index in [4.69, 9.17) is 4.74 Å². The van der Waals surface area contributed by atoms with Gasteiger partial charge in [-0.2, -0.15) is 0 Å². The molecule has 1 aromatic carbocycles. The quantitative estimate of drug-likeness (QED) is 0.587. The third kappa shape index (κ3) is 2.71. The molecule has 0 spiro atoms. The van der Waals surface area contributed by atoms with Gasteiger partial charge in [0.25, 0.3) is 0 Å². The summed E-state index contributed by atoms with van der Waals surface area (Å²) < 4.78 is 19.6. The van der Waals surface area contributed by atoms with Gasteiger partial charge in [0, 0.05) is 12.5 Å². The van der Waals surface area contributed by atoms with Gasteiger partial charge in [-0.3, -0.25) is 4.79 Å². The molecule has 2 nitrogen and oxygen atoms in total. The summed E-state index contributed by atoms with van der Waals surface area (Å²) in [5.74, 6) is -0.610. The molecule has 0 bridgehead atoms. The molecule has 1 fully saturated rings. The van der Waals surface area contributed by atoms with Crippen LogP contribution in [0.3, 0.4) is 0 Å². The summed E-state index contributed by atoms with van der Waals surface area (Å²) in [6.07, 6.45) is 5.62. The zero-order valence-electron chi connectivity index (χ0n) is 10.7. The maximum atomic E-state index is 14.0. The van der Waals surface area contributed by atoms with Gasteiger partial charge in [0.2, 0.25) is 0 Å². The van der Waals surface area contributed by atoms with E-state index < -0.39 is 5.60 Å². The molecule has 18 heavy (non-hydrogen) atoms. The highest BCUT2D eigenvalue weighted by atomic mass is 19.1. The van der Waals surface area contributed by atoms with Gasteiger partial charge in [0.1, 0.15) is 11.4 Å². The zero-order valence-corrected chi connectivity index (χ0v) is 10.7. The molecule has 1 saturated carbocycles. The van der Waals surface area contributed by atoms with Crippen LogP contribution >= 0.6 is 0 Å². The molecule has 1 aliphatic carbocycles. The van der Waals surface area contributed by atoms with E-state index in [1.807, 2.05) is 0 Å². The summed E-state index contributed by atoms with van der Waals surface area (Å²) in [6, 6.07) is 6.64. The third-order valence-electron chi connectivity index (χ3n) is 3.62. The predicted molar refractivity (Wildman–Crippen MR) is 67.5 cm³/mol. The van der Waals surface area contributed by atoms with E-state index in [-0.39, 0.29) is 11.8 Å². The van der Waals surface area contributed by atoms with Crippen LogP contribution in [0.1, 0.15) is 51.0 Å². The highest BCUT2D eigenvalue weighted by Crippen LogP contribution is 2.40. The van der Waals surface area contributed by atoms with Gasteiger partial charge >= 0.3 is 5.97 Å². The van der Waals surface area contributed by atoms with Crippen LogP contribution in [0, 0.1) is 5.82 Å². The van der Waals surface area contributed by atoms with Crippen LogP contribution in [0.5, 0.6) is 0 Å². The number of carbonyl (C=O) groups excluding carboxylic acids is 1. The number of rotatable bonds is 2. The largest absolute Gasteiger partial charge is 0.454 e. The van der Waals surface area contributed by atoms with Crippen molar-refractivity contribution in [2.75, 3.05) is 0 Å². The second kappa shape index (κ2) is 5.51. The first-order valence-corrected chi connectivity index (χ1v) is 6.59. The number of hydrogen-bond donors (Lipinski definition) is 0. The second-order valence-corrected chi connectivity index (χ2v) is 4.98. The Morgan fingerprint density at radius 2 is 1.78 bits per heavy atom. The van der Waals surface area contributed by atoms with Crippen molar-refractivity contribution in [3.8, 4) is 0 Å². The van der Waals surface area contributed by atoms with Gasteiger partial charge < -0.3 is 4.74 Å². The summed E-state index contributed by atoms with van der Waals surface area (Å²) in [7, 11) is 0. The molecule has 1 aromatic rings. The Kier molecular flexibility index (Phi) is 4.00.